The summed E-state index contributed by atoms with van der Waals surface area (Å²) in [6, 6.07) is 2.36. The van der Waals surface area contributed by atoms with E-state index in [4.69, 9.17) is 9.47 Å². The Labute approximate surface area is 172 Å². The van der Waals surface area contributed by atoms with Crippen molar-refractivity contribution < 1.29 is 27.4 Å². The second kappa shape index (κ2) is 7.73. The van der Waals surface area contributed by atoms with Gasteiger partial charge in [-0.3, -0.25) is 4.79 Å². The lowest BCUT2D eigenvalue weighted by molar-refractivity contribution is -0.173. The number of amides is 1. The molecule has 1 aliphatic rings. The first kappa shape index (κ1) is 21.8. The third-order valence-electron chi connectivity index (χ3n) is 4.78. The molecule has 30 heavy (non-hydrogen) atoms. The highest BCUT2D eigenvalue weighted by Crippen LogP contribution is 2.45. The molecule has 2 N–H and O–H groups in total. The zero-order valence-electron chi connectivity index (χ0n) is 17.4. The van der Waals surface area contributed by atoms with Crippen molar-refractivity contribution >= 4 is 11.7 Å². The van der Waals surface area contributed by atoms with Crippen LogP contribution in [0.25, 0.3) is 0 Å². The van der Waals surface area contributed by atoms with Gasteiger partial charge < -0.3 is 20.1 Å². The molecule has 3 rings (SSSR count). The summed E-state index contributed by atoms with van der Waals surface area (Å²) in [5.74, 6) is 0.417. The zero-order chi connectivity index (χ0) is 22.3. The Hall–Kier alpha value is -2.91. The molecule has 2 heterocycles. The Morgan fingerprint density at radius 2 is 1.87 bits per heavy atom. The van der Waals surface area contributed by atoms with Gasteiger partial charge in [0, 0.05) is 12.0 Å². The molecule has 1 aliphatic heterocycles. The largest absolute Gasteiger partial charge is 0.493 e. The number of aromatic nitrogens is 2. The van der Waals surface area contributed by atoms with Gasteiger partial charge in [-0.15, -0.1) is 0 Å². The van der Waals surface area contributed by atoms with E-state index in [0.29, 0.717) is 17.1 Å². The number of nitrogens with one attached hydrogen (secondary N) is 2. The summed E-state index contributed by atoms with van der Waals surface area (Å²) in [6.07, 6.45) is -3.65. The summed E-state index contributed by atoms with van der Waals surface area (Å²) < 4.78 is 52.8. The minimum absolute atomic E-state index is 0.0325. The number of nitrogens with zero attached hydrogens (tertiary/aromatic N) is 2. The monoisotopic (exact) mass is 426 g/mol. The number of rotatable bonds is 4. The quantitative estimate of drug-likeness (QED) is 0.770. The lowest BCUT2D eigenvalue weighted by Crippen LogP contribution is -2.41. The number of halogens is 3. The second-order valence-electron chi connectivity index (χ2n) is 8.16. The van der Waals surface area contributed by atoms with E-state index in [1.54, 1.807) is 39.0 Å². The Morgan fingerprint density at radius 1 is 1.20 bits per heavy atom. The van der Waals surface area contributed by atoms with Gasteiger partial charge in [-0.2, -0.15) is 18.3 Å². The Bertz CT molecular complexity index is 934. The summed E-state index contributed by atoms with van der Waals surface area (Å²) in [5, 5.41) is 9.70. The van der Waals surface area contributed by atoms with E-state index in [-0.39, 0.29) is 17.8 Å². The Morgan fingerprint density at radius 3 is 2.43 bits per heavy atom. The molecule has 0 unspecified atom stereocenters. The van der Waals surface area contributed by atoms with E-state index in [9.17, 15) is 18.0 Å². The summed E-state index contributed by atoms with van der Waals surface area (Å²) in [4.78, 5) is 12.7. The van der Waals surface area contributed by atoms with Crippen molar-refractivity contribution in [2.45, 2.75) is 51.0 Å². The van der Waals surface area contributed by atoms with Crippen LogP contribution in [0, 0.1) is 0 Å². The average Bonchev–Trinajstić information content (AvgIpc) is 3.08. The number of benzene rings is 1. The van der Waals surface area contributed by atoms with Crippen molar-refractivity contribution in [2.24, 2.45) is 0 Å². The molecule has 2 aromatic rings. The number of anilines is 1. The Balaban J connectivity index is 2.03. The molecule has 7 nitrogen and oxygen atoms in total. The van der Waals surface area contributed by atoms with Crippen molar-refractivity contribution in [1.82, 2.24) is 15.1 Å². The zero-order valence-corrected chi connectivity index (χ0v) is 17.4. The highest BCUT2D eigenvalue weighted by Gasteiger charge is 2.47. The van der Waals surface area contributed by atoms with Gasteiger partial charge in [-0.1, -0.05) is 6.07 Å². The molecule has 0 radical (unpaired) electrons. The Kier molecular flexibility index (Phi) is 5.62. The van der Waals surface area contributed by atoms with Gasteiger partial charge in [-0.25, -0.2) is 4.68 Å². The van der Waals surface area contributed by atoms with Gasteiger partial charge in [0.1, 0.15) is 11.4 Å². The third-order valence-corrected chi connectivity index (χ3v) is 4.78. The molecule has 0 spiro atoms. The molecule has 0 saturated carbocycles. The van der Waals surface area contributed by atoms with Gasteiger partial charge in [0.05, 0.1) is 26.5 Å². The van der Waals surface area contributed by atoms with Crippen LogP contribution in [-0.2, 0) is 0 Å². The van der Waals surface area contributed by atoms with Crippen LogP contribution in [0.3, 0.4) is 0 Å². The maximum atomic E-state index is 13.8. The van der Waals surface area contributed by atoms with E-state index in [2.05, 4.69) is 15.7 Å². The summed E-state index contributed by atoms with van der Waals surface area (Å²) in [7, 11) is 2.94. The topological polar surface area (TPSA) is 77.4 Å². The smallest absolute Gasteiger partial charge is 0.410 e. The van der Waals surface area contributed by atoms with Gasteiger partial charge in [0.15, 0.2) is 17.5 Å². The fourth-order valence-electron chi connectivity index (χ4n) is 3.42. The van der Waals surface area contributed by atoms with E-state index in [1.807, 2.05) is 0 Å². The van der Waals surface area contributed by atoms with Crippen LogP contribution in [0.2, 0.25) is 0 Å². The van der Waals surface area contributed by atoms with Crippen molar-refractivity contribution in [3.63, 3.8) is 0 Å². The fraction of sp³-hybridized carbons (Fsp3) is 0.500. The predicted octanol–water partition coefficient (Wildman–Crippen LogP) is 4.09. The first-order valence-electron chi connectivity index (χ1n) is 9.40. The number of carbonyl (C=O) groups excluding carboxylic acids is 1. The normalized spacial score (nSPS) is 18.9. The van der Waals surface area contributed by atoms with Crippen molar-refractivity contribution in [3.8, 4) is 11.5 Å². The SMILES string of the molecule is COc1ccc([C@@H]2C[C@H](C(F)(F)F)n3ncc(C(=O)NC(C)(C)C)c3N2)cc1OC. The summed E-state index contributed by atoms with van der Waals surface area (Å²) in [5.41, 5.74) is 0.0908. The van der Waals surface area contributed by atoms with Crippen LogP contribution in [0.1, 0.15) is 55.2 Å². The van der Waals surface area contributed by atoms with Crippen LogP contribution in [0.5, 0.6) is 11.5 Å². The lowest BCUT2D eigenvalue weighted by atomic mass is 9.96. The molecule has 10 heteroatoms. The number of carbonyl (C=O) groups is 1. The highest BCUT2D eigenvalue weighted by atomic mass is 19.4. The van der Waals surface area contributed by atoms with Crippen molar-refractivity contribution in [1.29, 1.82) is 0 Å². The molecule has 0 fully saturated rings. The molecule has 1 aromatic heterocycles. The first-order valence-corrected chi connectivity index (χ1v) is 9.40. The maximum Gasteiger partial charge on any atom is 0.410 e. The molecule has 1 aromatic carbocycles. The van der Waals surface area contributed by atoms with Gasteiger partial charge in [0.2, 0.25) is 0 Å². The third kappa shape index (κ3) is 4.31. The second-order valence-corrected chi connectivity index (χ2v) is 8.16. The summed E-state index contributed by atoms with van der Waals surface area (Å²) >= 11 is 0. The van der Waals surface area contributed by atoms with Crippen LogP contribution in [-0.4, -0.2) is 41.6 Å². The number of alkyl halides is 3. The minimum atomic E-state index is -4.53. The van der Waals surface area contributed by atoms with Crippen molar-refractivity contribution in [3.05, 3.63) is 35.5 Å². The van der Waals surface area contributed by atoms with Gasteiger partial charge in [0.25, 0.3) is 5.91 Å². The molecular formula is C20H25F3N4O3. The molecule has 164 valence electrons. The highest BCUT2D eigenvalue weighted by molar-refractivity contribution is 5.99. The molecule has 0 bridgehead atoms. The maximum absolute atomic E-state index is 13.8. The molecular weight excluding hydrogens is 401 g/mol. The fourth-order valence-corrected chi connectivity index (χ4v) is 3.42. The molecule has 0 aliphatic carbocycles. The number of hydrogen-bond acceptors (Lipinski definition) is 5. The lowest BCUT2D eigenvalue weighted by Gasteiger charge is -2.34. The van der Waals surface area contributed by atoms with Crippen LogP contribution >= 0.6 is 0 Å². The molecule has 1 amide bonds. The molecule has 0 saturated heterocycles. The van der Waals surface area contributed by atoms with E-state index >= 15 is 0 Å². The van der Waals surface area contributed by atoms with Crippen LogP contribution in [0.4, 0.5) is 19.0 Å². The van der Waals surface area contributed by atoms with Gasteiger partial charge >= 0.3 is 6.18 Å². The molecule has 2 atom stereocenters. The average molecular weight is 426 g/mol. The van der Waals surface area contributed by atoms with E-state index < -0.39 is 29.7 Å². The van der Waals surface area contributed by atoms with Gasteiger partial charge in [-0.05, 0) is 38.5 Å². The number of hydrogen-bond donors (Lipinski definition) is 2. The number of ether oxygens (including phenoxy) is 2. The van der Waals surface area contributed by atoms with Crippen LogP contribution in [0.15, 0.2) is 24.4 Å². The number of methoxy groups -OCH3 is 2. The minimum Gasteiger partial charge on any atom is -0.493 e. The first-order chi connectivity index (χ1) is 13.9. The van der Waals surface area contributed by atoms with Crippen molar-refractivity contribution in [2.75, 3.05) is 19.5 Å². The number of fused-ring (bicyclic) bond motifs is 1. The van der Waals surface area contributed by atoms with E-state index in [1.165, 1.54) is 20.4 Å². The predicted molar refractivity (Wildman–Crippen MR) is 105 cm³/mol. The standard InChI is InChI=1S/C20H25F3N4O3/c1-19(2,3)26-18(28)12-10-24-27-16(20(21,22)23)9-13(25-17(12)27)11-6-7-14(29-4)15(8-11)30-5/h6-8,10,13,16,25H,9H2,1-5H3,(H,26,28)/t13-,16+/m0/s1. The van der Waals surface area contributed by atoms with Crippen LogP contribution < -0.4 is 20.1 Å². The van der Waals surface area contributed by atoms with E-state index in [0.717, 1.165) is 4.68 Å². The summed E-state index contributed by atoms with van der Waals surface area (Å²) in [6.45, 7) is 5.37.